The molecule has 0 aromatic carbocycles. The van der Waals surface area contributed by atoms with Crippen LogP contribution in [-0.4, -0.2) is 9.55 Å². The van der Waals surface area contributed by atoms with Crippen LogP contribution in [0.25, 0.3) is 0 Å². The molecule has 15 heavy (non-hydrogen) atoms. The van der Waals surface area contributed by atoms with Crippen LogP contribution in [0.3, 0.4) is 0 Å². The maximum absolute atomic E-state index is 4.08. The van der Waals surface area contributed by atoms with E-state index in [-0.39, 0.29) is 0 Å². The van der Waals surface area contributed by atoms with E-state index < -0.39 is 0 Å². The summed E-state index contributed by atoms with van der Waals surface area (Å²) in [7, 11) is 0. The van der Waals surface area contributed by atoms with Gasteiger partial charge in [0, 0.05) is 18.9 Å². The number of hydrogen-bond donors (Lipinski definition) is 0. The molecule has 0 atom stereocenters. The molecule has 0 amide bonds. The summed E-state index contributed by atoms with van der Waals surface area (Å²) < 4.78 is 2.22. The van der Waals surface area contributed by atoms with Crippen LogP contribution in [0.15, 0.2) is 18.7 Å². The van der Waals surface area contributed by atoms with E-state index in [1.807, 2.05) is 26.4 Å². The Labute approximate surface area is 93.7 Å². The van der Waals surface area contributed by atoms with Gasteiger partial charge in [0.2, 0.25) is 0 Å². The standard InChI is InChI=1S/C11H18N2.C2H6/c1-10(2)7-11(3-4-11)8-13-6-5-12-9-13;1-2/h5-6,9-10H,3-4,7-8H2,1-2H3;1-2H3. The van der Waals surface area contributed by atoms with Crippen molar-refractivity contribution in [3.05, 3.63) is 18.7 Å². The third kappa shape index (κ3) is 3.69. The van der Waals surface area contributed by atoms with Crippen LogP contribution in [0, 0.1) is 11.3 Å². The number of aromatic nitrogens is 2. The minimum atomic E-state index is 0.620. The fourth-order valence-corrected chi connectivity index (χ4v) is 2.24. The SMILES string of the molecule is CC.CC(C)CC1(Cn2ccnc2)CC1. The molecule has 1 aliphatic carbocycles. The molecule has 0 unspecified atom stereocenters. The zero-order valence-corrected chi connectivity index (χ0v) is 10.5. The highest BCUT2D eigenvalue weighted by molar-refractivity contribution is 4.94. The molecule has 1 aliphatic rings. The molecule has 1 heterocycles. The molecule has 1 aromatic rings. The molecular formula is C13H24N2. The summed E-state index contributed by atoms with van der Waals surface area (Å²) in [5.74, 6) is 0.825. The highest BCUT2D eigenvalue weighted by Crippen LogP contribution is 2.51. The quantitative estimate of drug-likeness (QED) is 0.737. The first kappa shape index (κ1) is 12.3. The molecule has 1 fully saturated rings. The third-order valence-corrected chi connectivity index (χ3v) is 2.88. The van der Waals surface area contributed by atoms with Crippen molar-refractivity contribution in [3.63, 3.8) is 0 Å². The molecule has 0 aliphatic heterocycles. The third-order valence-electron chi connectivity index (χ3n) is 2.88. The van der Waals surface area contributed by atoms with Crippen LogP contribution in [0.5, 0.6) is 0 Å². The highest BCUT2D eigenvalue weighted by atomic mass is 15.0. The van der Waals surface area contributed by atoms with Gasteiger partial charge in [-0.3, -0.25) is 0 Å². The number of hydrogen-bond acceptors (Lipinski definition) is 1. The summed E-state index contributed by atoms with van der Waals surface area (Å²) in [6.45, 7) is 9.80. The lowest BCUT2D eigenvalue weighted by atomic mass is 9.94. The van der Waals surface area contributed by atoms with Crippen molar-refractivity contribution in [2.75, 3.05) is 0 Å². The van der Waals surface area contributed by atoms with E-state index in [2.05, 4.69) is 29.6 Å². The molecule has 2 rings (SSSR count). The molecule has 86 valence electrons. The van der Waals surface area contributed by atoms with Crippen molar-refractivity contribution >= 4 is 0 Å². The first-order valence-electron chi connectivity index (χ1n) is 6.16. The Hall–Kier alpha value is -0.790. The van der Waals surface area contributed by atoms with E-state index in [9.17, 15) is 0 Å². The van der Waals surface area contributed by atoms with Gasteiger partial charge >= 0.3 is 0 Å². The summed E-state index contributed by atoms with van der Waals surface area (Å²) in [5, 5.41) is 0. The van der Waals surface area contributed by atoms with Crippen molar-refractivity contribution in [2.24, 2.45) is 11.3 Å². The van der Waals surface area contributed by atoms with Crippen molar-refractivity contribution in [2.45, 2.75) is 53.5 Å². The highest BCUT2D eigenvalue weighted by Gasteiger charge is 2.42. The van der Waals surface area contributed by atoms with E-state index >= 15 is 0 Å². The maximum Gasteiger partial charge on any atom is 0.0946 e. The second kappa shape index (κ2) is 5.34. The van der Waals surface area contributed by atoms with Gasteiger partial charge in [-0.15, -0.1) is 0 Å². The Morgan fingerprint density at radius 3 is 2.40 bits per heavy atom. The van der Waals surface area contributed by atoms with E-state index in [4.69, 9.17) is 0 Å². The lowest BCUT2D eigenvalue weighted by molar-refractivity contribution is 0.339. The van der Waals surface area contributed by atoms with Gasteiger partial charge in [0.05, 0.1) is 6.33 Å². The summed E-state index contributed by atoms with van der Waals surface area (Å²) in [6, 6.07) is 0. The summed E-state index contributed by atoms with van der Waals surface area (Å²) in [6.07, 6.45) is 10.0. The van der Waals surface area contributed by atoms with Crippen molar-refractivity contribution < 1.29 is 0 Å². The largest absolute Gasteiger partial charge is 0.337 e. The normalized spacial score (nSPS) is 17.1. The van der Waals surface area contributed by atoms with Crippen LogP contribution < -0.4 is 0 Å². The average Bonchev–Trinajstić information content (AvgIpc) is 2.76. The summed E-state index contributed by atoms with van der Waals surface area (Å²) in [4.78, 5) is 4.08. The first-order chi connectivity index (χ1) is 7.20. The molecule has 1 saturated carbocycles. The van der Waals surface area contributed by atoms with Crippen LogP contribution in [0.4, 0.5) is 0 Å². The van der Waals surface area contributed by atoms with E-state index in [1.165, 1.54) is 25.8 Å². The lowest BCUT2D eigenvalue weighted by Gasteiger charge is -2.17. The Bertz CT molecular complexity index is 258. The minimum absolute atomic E-state index is 0.620. The average molecular weight is 208 g/mol. The predicted molar refractivity (Wildman–Crippen MR) is 64.7 cm³/mol. The Morgan fingerprint density at radius 2 is 2.00 bits per heavy atom. The fraction of sp³-hybridized carbons (Fsp3) is 0.769. The maximum atomic E-state index is 4.08. The molecule has 0 radical (unpaired) electrons. The van der Waals surface area contributed by atoms with E-state index in [0.717, 1.165) is 5.92 Å². The van der Waals surface area contributed by atoms with Crippen molar-refractivity contribution in [1.82, 2.24) is 9.55 Å². The second-order valence-electron chi connectivity index (χ2n) is 4.83. The topological polar surface area (TPSA) is 17.8 Å². The zero-order chi connectivity index (χ0) is 11.3. The first-order valence-corrected chi connectivity index (χ1v) is 6.16. The Balaban J connectivity index is 0.000000531. The Kier molecular flexibility index (Phi) is 4.37. The number of nitrogens with zero attached hydrogens (tertiary/aromatic N) is 2. The van der Waals surface area contributed by atoms with Gasteiger partial charge in [-0.2, -0.15) is 0 Å². The second-order valence-corrected chi connectivity index (χ2v) is 4.83. The monoisotopic (exact) mass is 208 g/mol. The predicted octanol–water partition coefficient (Wildman–Crippen LogP) is 3.74. The smallest absolute Gasteiger partial charge is 0.0946 e. The van der Waals surface area contributed by atoms with Crippen LogP contribution in [-0.2, 0) is 6.54 Å². The van der Waals surface area contributed by atoms with Gasteiger partial charge in [-0.25, -0.2) is 4.98 Å². The van der Waals surface area contributed by atoms with Gasteiger partial charge in [-0.05, 0) is 30.6 Å². The fourth-order valence-electron chi connectivity index (χ4n) is 2.24. The van der Waals surface area contributed by atoms with Crippen LogP contribution in [0.1, 0.15) is 47.0 Å². The number of rotatable bonds is 4. The van der Waals surface area contributed by atoms with E-state index in [1.54, 1.807) is 0 Å². The van der Waals surface area contributed by atoms with E-state index in [0.29, 0.717) is 5.41 Å². The van der Waals surface area contributed by atoms with Crippen LogP contribution in [0.2, 0.25) is 0 Å². The van der Waals surface area contributed by atoms with Gasteiger partial charge in [0.1, 0.15) is 0 Å². The number of imidazole rings is 1. The molecular weight excluding hydrogens is 184 g/mol. The lowest BCUT2D eigenvalue weighted by Crippen LogP contribution is -2.12. The molecule has 0 spiro atoms. The molecule has 2 heteroatoms. The zero-order valence-electron chi connectivity index (χ0n) is 10.5. The van der Waals surface area contributed by atoms with Crippen molar-refractivity contribution in [3.8, 4) is 0 Å². The molecule has 0 N–H and O–H groups in total. The summed E-state index contributed by atoms with van der Waals surface area (Å²) in [5.41, 5.74) is 0.620. The van der Waals surface area contributed by atoms with Gasteiger partial charge in [-0.1, -0.05) is 27.7 Å². The van der Waals surface area contributed by atoms with Gasteiger partial charge < -0.3 is 4.57 Å². The molecule has 0 bridgehead atoms. The molecule has 1 aromatic heterocycles. The molecule has 0 saturated heterocycles. The van der Waals surface area contributed by atoms with Crippen molar-refractivity contribution in [1.29, 1.82) is 0 Å². The summed E-state index contributed by atoms with van der Waals surface area (Å²) >= 11 is 0. The van der Waals surface area contributed by atoms with Gasteiger partial charge in [0.15, 0.2) is 0 Å². The molecule has 2 nitrogen and oxygen atoms in total. The van der Waals surface area contributed by atoms with Gasteiger partial charge in [0.25, 0.3) is 0 Å². The Morgan fingerprint density at radius 1 is 1.33 bits per heavy atom. The minimum Gasteiger partial charge on any atom is -0.337 e. The van der Waals surface area contributed by atoms with Crippen LogP contribution >= 0.6 is 0 Å².